The van der Waals surface area contributed by atoms with E-state index in [1.54, 1.807) is 4.68 Å². The summed E-state index contributed by atoms with van der Waals surface area (Å²) in [4.78, 5) is 12.0. The standard InChI is InChI=1S/C17H22N4O/c22-17(7-6-14-8-11-18-12-9-14)19-16-10-13-21(20-16)15-4-2-1-3-5-15/h1-5,10,13-14,18H,6-9,11-12H2,(H,19,20,22). The van der Waals surface area contributed by atoms with Crippen LogP contribution in [0.3, 0.4) is 0 Å². The third-order valence-corrected chi connectivity index (χ3v) is 4.12. The Balaban J connectivity index is 1.50. The maximum atomic E-state index is 12.0. The molecule has 0 bridgehead atoms. The Morgan fingerprint density at radius 1 is 1.23 bits per heavy atom. The highest BCUT2D eigenvalue weighted by Gasteiger charge is 2.15. The molecule has 1 aliphatic rings. The van der Waals surface area contributed by atoms with Gasteiger partial charge in [-0.15, -0.1) is 0 Å². The average Bonchev–Trinajstić information content (AvgIpc) is 3.03. The number of carbonyl (C=O) groups is 1. The number of amides is 1. The number of aromatic nitrogens is 2. The molecular weight excluding hydrogens is 276 g/mol. The summed E-state index contributed by atoms with van der Waals surface area (Å²) in [6.07, 6.45) is 5.75. The molecule has 5 nitrogen and oxygen atoms in total. The van der Waals surface area contributed by atoms with Crippen LogP contribution < -0.4 is 10.6 Å². The summed E-state index contributed by atoms with van der Waals surface area (Å²) in [5.41, 5.74) is 0.984. The second-order valence-electron chi connectivity index (χ2n) is 5.76. The first-order valence-corrected chi connectivity index (χ1v) is 7.93. The zero-order valence-corrected chi connectivity index (χ0v) is 12.7. The number of benzene rings is 1. The van der Waals surface area contributed by atoms with Crippen molar-refractivity contribution in [2.75, 3.05) is 18.4 Å². The van der Waals surface area contributed by atoms with Crippen LogP contribution in [0.5, 0.6) is 0 Å². The molecule has 1 saturated heterocycles. The third-order valence-electron chi connectivity index (χ3n) is 4.12. The number of piperidine rings is 1. The van der Waals surface area contributed by atoms with Gasteiger partial charge in [-0.05, 0) is 50.4 Å². The molecule has 2 heterocycles. The van der Waals surface area contributed by atoms with E-state index in [0.717, 1.165) is 25.2 Å². The minimum Gasteiger partial charge on any atom is -0.317 e. The van der Waals surface area contributed by atoms with Crippen LogP contribution in [0.4, 0.5) is 5.82 Å². The van der Waals surface area contributed by atoms with Gasteiger partial charge in [-0.25, -0.2) is 4.68 Å². The highest BCUT2D eigenvalue weighted by Crippen LogP contribution is 2.18. The van der Waals surface area contributed by atoms with Gasteiger partial charge in [0.05, 0.1) is 5.69 Å². The predicted molar refractivity (Wildman–Crippen MR) is 87.0 cm³/mol. The summed E-state index contributed by atoms with van der Waals surface area (Å²) < 4.78 is 1.77. The van der Waals surface area contributed by atoms with E-state index < -0.39 is 0 Å². The average molecular weight is 298 g/mol. The van der Waals surface area contributed by atoms with Gasteiger partial charge < -0.3 is 10.6 Å². The van der Waals surface area contributed by atoms with Crippen molar-refractivity contribution in [2.45, 2.75) is 25.7 Å². The van der Waals surface area contributed by atoms with E-state index in [1.807, 2.05) is 42.6 Å². The zero-order chi connectivity index (χ0) is 15.2. The molecule has 1 aromatic heterocycles. The molecule has 0 spiro atoms. The summed E-state index contributed by atoms with van der Waals surface area (Å²) >= 11 is 0. The fourth-order valence-electron chi connectivity index (χ4n) is 2.83. The van der Waals surface area contributed by atoms with Crippen LogP contribution in [-0.4, -0.2) is 28.8 Å². The lowest BCUT2D eigenvalue weighted by molar-refractivity contribution is -0.116. The predicted octanol–water partition coefficient (Wildman–Crippen LogP) is 2.59. The van der Waals surface area contributed by atoms with E-state index in [4.69, 9.17) is 0 Å². The lowest BCUT2D eigenvalue weighted by Crippen LogP contribution is -2.28. The van der Waals surface area contributed by atoms with E-state index in [-0.39, 0.29) is 5.91 Å². The number of hydrogen-bond donors (Lipinski definition) is 2. The number of nitrogens with zero attached hydrogens (tertiary/aromatic N) is 2. The van der Waals surface area contributed by atoms with Crippen LogP contribution in [0.2, 0.25) is 0 Å². The Morgan fingerprint density at radius 2 is 2.00 bits per heavy atom. The molecule has 1 aliphatic heterocycles. The lowest BCUT2D eigenvalue weighted by Gasteiger charge is -2.21. The smallest absolute Gasteiger partial charge is 0.225 e. The molecule has 0 aliphatic carbocycles. The molecule has 116 valence electrons. The van der Waals surface area contributed by atoms with E-state index in [0.29, 0.717) is 18.2 Å². The van der Waals surface area contributed by atoms with E-state index in [9.17, 15) is 4.79 Å². The van der Waals surface area contributed by atoms with Crippen molar-refractivity contribution in [3.05, 3.63) is 42.6 Å². The van der Waals surface area contributed by atoms with E-state index in [1.165, 1.54) is 12.8 Å². The van der Waals surface area contributed by atoms with Gasteiger partial charge in [0, 0.05) is 18.7 Å². The van der Waals surface area contributed by atoms with Crippen LogP contribution >= 0.6 is 0 Å². The van der Waals surface area contributed by atoms with Crippen LogP contribution in [0.1, 0.15) is 25.7 Å². The van der Waals surface area contributed by atoms with Gasteiger partial charge in [0.1, 0.15) is 0 Å². The maximum Gasteiger partial charge on any atom is 0.225 e. The number of nitrogens with one attached hydrogen (secondary N) is 2. The highest BCUT2D eigenvalue weighted by atomic mass is 16.1. The Hall–Kier alpha value is -2.14. The number of para-hydroxylation sites is 1. The molecule has 0 atom stereocenters. The van der Waals surface area contributed by atoms with Crippen LogP contribution in [0.25, 0.3) is 5.69 Å². The minimum atomic E-state index is 0.0526. The monoisotopic (exact) mass is 298 g/mol. The summed E-state index contributed by atoms with van der Waals surface area (Å²) in [5, 5.41) is 10.6. The van der Waals surface area contributed by atoms with Crippen molar-refractivity contribution in [3.63, 3.8) is 0 Å². The Labute approximate surface area is 130 Å². The fourth-order valence-corrected chi connectivity index (χ4v) is 2.83. The summed E-state index contributed by atoms with van der Waals surface area (Å²) in [6.45, 7) is 2.15. The number of rotatable bonds is 5. The molecule has 5 heteroatoms. The molecule has 22 heavy (non-hydrogen) atoms. The Bertz CT molecular complexity index is 602. The first kappa shape index (κ1) is 14.8. The maximum absolute atomic E-state index is 12.0. The van der Waals surface area contributed by atoms with E-state index in [2.05, 4.69) is 15.7 Å². The third kappa shape index (κ3) is 3.95. The minimum absolute atomic E-state index is 0.0526. The quantitative estimate of drug-likeness (QED) is 0.892. The molecular formula is C17H22N4O. The highest BCUT2D eigenvalue weighted by molar-refractivity contribution is 5.89. The molecule has 2 aromatic rings. The molecule has 0 radical (unpaired) electrons. The molecule has 3 rings (SSSR count). The first-order valence-electron chi connectivity index (χ1n) is 7.93. The molecule has 0 unspecified atom stereocenters. The molecule has 2 N–H and O–H groups in total. The van der Waals surface area contributed by atoms with Gasteiger partial charge >= 0.3 is 0 Å². The van der Waals surface area contributed by atoms with Gasteiger partial charge in [0.25, 0.3) is 0 Å². The van der Waals surface area contributed by atoms with Crippen LogP contribution in [0.15, 0.2) is 42.6 Å². The SMILES string of the molecule is O=C(CCC1CCNCC1)Nc1ccn(-c2ccccc2)n1. The Kier molecular flexibility index (Phi) is 4.85. The van der Waals surface area contributed by atoms with Gasteiger partial charge in [-0.2, -0.15) is 5.10 Å². The summed E-state index contributed by atoms with van der Waals surface area (Å²) in [5.74, 6) is 1.34. The van der Waals surface area contributed by atoms with Crippen molar-refractivity contribution in [1.29, 1.82) is 0 Å². The molecule has 0 saturated carbocycles. The topological polar surface area (TPSA) is 59.0 Å². The van der Waals surface area contributed by atoms with Crippen LogP contribution in [-0.2, 0) is 4.79 Å². The number of anilines is 1. The number of hydrogen-bond acceptors (Lipinski definition) is 3. The molecule has 1 amide bonds. The van der Waals surface area contributed by atoms with Crippen LogP contribution in [0, 0.1) is 5.92 Å². The largest absolute Gasteiger partial charge is 0.317 e. The van der Waals surface area contributed by atoms with Crippen molar-refractivity contribution in [2.24, 2.45) is 5.92 Å². The normalized spacial score (nSPS) is 15.6. The summed E-state index contributed by atoms with van der Waals surface area (Å²) in [7, 11) is 0. The van der Waals surface area contributed by atoms with Crippen molar-refractivity contribution < 1.29 is 4.79 Å². The van der Waals surface area contributed by atoms with Gasteiger partial charge in [0.2, 0.25) is 5.91 Å². The van der Waals surface area contributed by atoms with Crippen molar-refractivity contribution >= 4 is 11.7 Å². The summed E-state index contributed by atoms with van der Waals surface area (Å²) in [6, 6.07) is 11.7. The Morgan fingerprint density at radius 3 is 2.77 bits per heavy atom. The lowest BCUT2D eigenvalue weighted by atomic mass is 9.93. The second kappa shape index (κ2) is 7.22. The number of carbonyl (C=O) groups excluding carboxylic acids is 1. The van der Waals surface area contributed by atoms with Gasteiger partial charge in [0.15, 0.2) is 5.82 Å². The molecule has 1 fully saturated rings. The van der Waals surface area contributed by atoms with Gasteiger partial charge in [-0.3, -0.25) is 4.79 Å². The van der Waals surface area contributed by atoms with E-state index >= 15 is 0 Å². The fraction of sp³-hybridized carbons (Fsp3) is 0.412. The molecule has 1 aromatic carbocycles. The van der Waals surface area contributed by atoms with Crippen molar-refractivity contribution in [1.82, 2.24) is 15.1 Å². The zero-order valence-electron chi connectivity index (χ0n) is 12.7. The first-order chi connectivity index (χ1) is 10.8. The second-order valence-corrected chi connectivity index (χ2v) is 5.76. The van der Waals surface area contributed by atoms with Crippen molar-refractivity contribution in [3.8, 4) is 5.69 Å². The van der Waals surface area contributed by atoms with Gasteiger partial charge in [-0.1, -0.05) is 18.2 Å².